The molecule has 34 heavy (non-hydrogen) atoms. The fraction of sp³-hybridized carbons (Fsp3) is 0.458. The van der Waals surface area contributed by atoms with Gasteiger partial charge < -0.3 is 19.5 Å². The second kappa shape index (κ2) is 11.9. The summed E-state index contributed by atoms with van der Waals surface area (Å²) in [5.41, 5.74) is 0.543. The monoisotopic (exact) mass is 527 g/mol. The molecule has 1 aromatic carbocycles. The van der Waals surface area contributed by atoms with Crippen LogP contribution in [0.25, 0.3) is 0 Å². The first-order valence-electron chi connectivity index (χ1n) is 11.1. The lowest BCUT2D eigenvalue weighted by atomic mass is 9.98. The van der Waals surface area contributed by atoms with Gasteiger partial charge in [0.15, 0.2) is 6.10 Å². The summed E-state index contributed by atoms with van der Waals surface area (Å²) in [4.78, 5) is 38.7. The summed E-state index contributed by atoms with van der Waals surface area (Å²) in [6, 6.07) is 4.67. The van der Waals surface area contributed by atoms with E-state index in [2.05, 4.69) is 5.32 Å². The molecule has 10 heteroatoms. The van der Waals surface area contributed by atoms with Gasteiger partial charge in [0.2, 0.25) is 0 Å². The maximum atomic E-state index is 12.9. The molecule has 3 rings (SSSR count). The number of carbonyl (C=O) groups is 3. The minimum atomic E-state index is -0.950. The van der Waals surface area contributed by atoms with Crippen LogP contribution >= 0.6 is 34.5 Å². The molecule has 1 atom stereocenters. The zero-order valence-electron chi connectivity index (χ0n) is 19.2. The van der Waals surface area contributed by atoms with Crippen LogP contribution in [0.2, 0.25) is 10.0 Å². The highest BCUT2D eigenvalue weighted by Gasteiger charge is 2.30. The van der Waals surface area contributed by atoms with Gasteiger partial charge in [0.1, 0.15) is 21.7 Å². The number of halogens is 2. The summed E-state index contributed by atoms with van der Waals surface area (Å²) >= 11 is 13.0. The highest BCUT2D eigenvalue weighted by molar-refractivity contribution is 7.18. The first-order valence-corrected chi connectivity index (χ1v) is 12.7. The Morgan fingerprint density at radius 3 is 2.50 bits per heavy atom. The van der Waals surface area contributed by atoms with E-state index in [-0.39, 0.29) is 33.2 Å². The summed E-state index contributed by atoms with van der Waals surface area (Å²) in [5, 5.41) is 3.60. The zero-order valence-corrected chi connectivity index (χ0v) is 21.6. The van der Waals surface area contributed by atoms with Crippen LogP contribution in [0.4, 0.5) is 5.00 Å². The highest BCUT2D eigenvalue weighted by Crippen LogP contribution is 2.36. The van der Waals surface area contributed by atoms with E-state index in [4.69, 9.17) is 37.4 Å². The third kappa shape index (κ3) is 6.43. The Labute approximate surface area is 212 Å². The SMILES string of the molecule is CCOC(=O)c1c(NC(=O)C(C)Oc2ccc(Cl)cc2Cl)sc(C(=O)OC2CCCCC2)c1C. The Morgan fingerprint density at radius 2 is 1.85 bits per heavy atom. The van der Waals surface area contributed by atoms with Crippen LogP contribution < -0.4 is 10.1 Å². The van der Waals surface area contributed by atoms with Crippen molar-refractivity contribution in [3.63, 3.8) is 0 Å². The molecule has 1 aromatic heterocycles. The summed E-state index contributed by atoms with van der Waals surface area (Å²) in [6.07, 6.45) is 3.74. The minimum Gasteiger partial charge on any atom is -0.479 e. The van der Waals surface area contributed by atoms with Gasteiger partial charge in [0.25, 0.3) is 5.91 Å². The second-order valence-corrected chi connectivity index (χ2v) is 9.83. The smallest absolute Gasteiger partial charge is 0.348 e. The Morgan fingerprint density at radius 1 is 1.15 bits per heavy atom. The number of benzene rings is 1. The van der Waals surface area contributed by atoms with Gasteiger partial charge in [-0.25, -0.2) is 9.59 Å². The van der Waals surface area contributed by atoms with Gasteiger partial charge in [-0.2, -0.15) is 0 Å². The number of esters is 2. The number of amides is 1. The zero-order chi connectivity index (χ0) is 24.8. The summed E-state index contributed by atoms with van der Waals surface area (Å²) < 4.78 is 16.5. The molecule has 1 aliphatic rings. The van der Waals surface area contributed by atoms with E-state index in [1.807, 2.05) is 0 Å². The number of anilines is 1. The molecule has 1 saturated carbocycles. The summed E-state index contributed by atoms with van der Waals surface area (Å²) in [5.74, 6) is -1.36. The summed E-state index contributed by atoms with van der Waals surface area (Å²) in [6.45, 7) is 5.02. The van der Waals surface area contributed by atoms with Crippen LogP contribution in [0, 0.1) is 6.92 Å². The first kappa shape index (κ1) is 26.3. The molecule has 2 aromatic rings. The largest absolute Gasteiger partial charge is 0.479 e. The molecule has 0 spiro atoms. The van der Waals surface area contributed by atoms with Crippen molar-refractivity contribution in [2.24, 2.45) is 0 Å². The van der Waals surface area contributed by atoms with E-state index < -0.39 is 23.9 Å². The van der Waals surface area contributed by atoms with Crippen molar-refractivity contribution >= 4 is 57.4 Å². The standard InChI is InChI=1S/C24H27Cl2NO6S/c1-4-31-23(29)19-13(2)20(24(30)33-16-8-6-5-7-9-16)34-22(19)27-21(28)14(3)32-18-11-10-15(25)12-17(18)26/h10-12,14,16H,4-9H2,1-3H3,(H,27,28). The highest BCUT2D eigenvalue weighted by atomic mass is 35.5. The number of carbonyl (C=O) groups excluding carboxylic acids is 3. The van der Waals surface area contributed by atoms with E-state index in [0.29, 0.717) is 16.3 Å². The Hall–Kier alpha value is -2.29. The van der Waals surface area contributed by atoms with Gasteiger partial charge in [-0.05, 0) is 70.2 Å². The van der Waals surface area contributed by atoms with Gasteiger partial charge in [0.05, 0.1) is 17.2 Å². The average molecular weight is 528 g/mol. The van der Waals surface area contributed by atoms with E-state index >= 15 is 0 Å². The normalized spacial score (nSPS) is 14.9. The molecule has 1 aliphatic carbocycles. The van der Waals surface area contributed by atoms with Crippen molar-refractivity contribution in [1.29, 1.82) is 0 Å². The van der Waals surface area contributed by atoms with E-state index in [9.17, 15) is 14.4 Å². The molecule has 0 saturated heterocycles. The lowest BCUT2D eigenvalue weighted by Crippen LogP contribution is -2.30. The van der Waals surface area contributed by atoms with Crippen LogP contribution in [-0.2, 0) is 14.3 Å². The van der Waals surface area contributed by atoms with Gasteiger partial charge in [-0.3, -0.25) is 4.79 Å². The van der Waals surface area contributed by atoms with E-state index in [1.165, 1.54) is 6.07 Å². The van der Waals surface area contributed by atoms with Crippen LogP contribution in [0.1, 0.15) is 71.5 Å². The topological polar surface area (TPSA) is 90.9 Å². The minimum absolute atomic E-state index is 0.132. The third-order valence-corrected chi connectivity index (χ3v) is 7.16. The molecule has 1 fully saturated rings. The van der Waals surface area contributed by atoms with Gasteiger partial charge in [0, 0.05) is 5.02 Å². The van der Waals surface area contributed by atoms with Gasteiger partial charge in [-0.1, -0.05) is 29.6 Å². The number of thiophene rings is 1. The molecule has 1 unspecified atom stereocenters. The quantitative estimate of drug-likeness (QED) is 0.397. The molecule has 7 nitrogen and oxygen atoms in total. The molecule has 1 heterocycles. The molecular formula is C24H27Cl2NO6S. The maximum Gasteiger partial charge on any atom is 0.348 e. The molecule has 0 bridgehead atoms. The Balaban J connectivity index is 1.80. The lowest BCUT2D eigenvalue weighted by Gasteiger charge is -2.21. The van der Waals surface area contributed by atoms with Crippen LogP contribution in [0.3, 0.4) is 0 Å². The van der Waals surface area contributed by atoms with Gasteiger partial charge in [-0.15, -0.1) is 11.3 Å². The second-order valence-electron chi connectivity index (χ2n) is 7.97. The average Bonchev–Trinajstić information content (AvgIpc) is 3.12. The maximum absolute atomic E-state index is 12.9. The molecule has 0 aliphatic heterocycles. The van der Waals surface area contributed by atoms with Crippen LogP contribution in [-0.4, -0.2) is 36.7 Å². The Kier molecular flexibility index (Phi) is 9.22. The van der Waals surface area contributed by atoms with Crippen LogP contribution in [0.15, 0.2) is 18.2 Å². The van der Waals surface area contributed by atoms with Crippen LogP contribution in [0.5, 0.6) is 5.75 Å². The van der Waals surface area contributed by atoms with Gasteiger partial charge >= 0.3 is 11.9 Å². The van der Waals surface area contributed by atoms with E-state index in [1.54, 1.807) is 32.9 Å². The predicted molar refractivity (Wildman–Crippen MR) is 132 cm³/mol. The van der Waals surface area contributed by atoms with Crippen molar-refractivity contribution in [3.8, 4) is 5.75 Å². The van der Waals surface area contributed by atoms with E-state index in [0.717, 1.165) is 43.4 Å². The summed E-state index contributed by atoms with van der Waals surface area (Å²) in [7, 11) is 0. The number of nitrogens with one attached hydrogen (secondary N) is 1. The van der Waals surface area contributed by atoms with Crippen molar-refractivity contribution < 1.29 is 28.6 Å². The number of hydrogen-bond donors (Lipinski definition) is 1. The molecule has 1 N–H and O–H groups in total. The van der Waals surface area contributed by atoms with Crippen molar-refractivity contribution in [2.75, 3.05) is 11.9 Å². The predicted octanol–water partition coefficient (Wildman–Crippen LogP) is 6.44. The first-order chi connectivity index (χ1) is 16.2. The third-order valence-electron chi connectivity index (χ3n) is 5.44. The fourth-order valence-corrected chi connectivity index (χ4v) is 5.20. The molecule has 1 amide bonds. The van der Waals surface area contributed by atoms with Crippen molar-refractivity contribution in [3.05, 3.63) is 44.2 Å². The van der Waals surface area contributed by atoms with Crippen molar-refractivity contribution in [1.82, 2.24) is 0 Å². The van der Waals surface area contributed by atoms with Crippen molar-refractivity contribution in [2.45, 2.75) is 65.1 Å². The molecule has 0 radical (unpaired) electrons. The Bertz CT molecular complexity index is 1060. The lowest BCUT2D eigenvalue weighted by molar-refractivity contribution is -0.122. The molecule has 184 valence electrons. The number of ether oxygens (including phenoxy) is 3. The number of hydrogen-bond acceptors (Lipinski definition) is 7. The number of rotatable bonds is 8. The molecular weight excluding hydrogens is 501 g/mol. The fourth-order valence-electron chi connectivity index (χ4n) is 3.66.